The lowest BCUT2D eigenvalue weighted by atomic mass is 9.55. The molecular weight excluding hydrogens is 473 g/mol. The SMILES string of the molecule is CC(=NS(=O)(=O)C12CC(C1)C2)c1cn(CC(C)(C)C)c2cc(-c3ccccc3C(F)(F)F)ccc12. The van der Waals surface area contributed by atoms with Gasteiger partial charge in [-0.05, 0) is 60.8 Å². The first-order valence-electron chi connectivity index (χ1n) is 11.8. The second-order valence-corrected chi connectivity index (χ2v) is 13.3. The molecule has 0 radical (unpaired) electrons. The first-order chi connectivity index (χ1) is 16.2. The number of hydrogen-bond acceptors (Lipinski definition) is 2. The Morgan fingerprint density at radius 1 is 1.09 bits per heavy atom. The zero-order valence-electron chi connectivity index (χ0n) is 20.3. The van der Waals surface area contributed by atoms with Gasteiger partial charge in [0, 0.05) is 29.2 Å². The van der Waals surface area contributed by atoms with Crippen LogP contribution in [0.2, 0.25) is 0 Å². The Balaban J connectivity index is 1.64. The molecule has 2 bridgehead atoms. The van der Waals surface area contributed by atoms with Gasteiger partial charge in [0.1, 0.15) is 0 Å². The van der Waals surface area contributed by atoms with Gasteiger partial charge in [-0.1, -0.05) is 51.1 Å². The highest BCUT2D eigenvalue weighted by molar-refractivity contribution is 7.91. The monoisotopic (exact) mass is 502 g/mol. The standard InChI is InChI=1S/C27H29F3N2O2S/c1-17(31-35(33,34)26-12-18(13-26)14-26)22-15-32(16-25(2,3)4)24-11-19(9-10-21(22)24)20-7-5-6-8-23(20)27(28,29)30/h5-11,15,18H,12-14,16H2,1-4H3. The third-order valence-electron chi connectivity index (χ3n) is 7.25. The van der Waals surface area contributed by atoms with Gasteiger partial charge in [-0.2, -0.15) is 17.6 Å². The molecule has 0 aliphatic heterocycles. The fourth-order valence-electron chi connectivity index (χ4n) is 5.41. The van der Waals surface area contributed by atoms with E-state index in [4.69, 9.17) is 0 Å². The smallest absolute Gasteiger partial charge is 0.346 e. The van der Waals surface area contributed by atoms with Crippen molar-refractivity contribution < 1.29 is 21.6 Å². The summed E-state index contributed by atoms with van der Waals surface area (Å²) in [4.78, 5) is 0. The molecular formula is C27H29F3N2O2S. The van der Waals surface area contributed by atoms with Crippen molar-refractivity contribution in [2.75, 3.05) is 0 Å². The van der Waals surface area contributed by atoms with E-state index >= 15 is 0 Å². The second-order valence-electron chi connectivity index (χ2n) is 11.3. The molecule has 35 heavy (non-hydrogen) atoms. The topological polar surface area (TPSA) is 51.4 Å². The summed E-state index contributed by atoms with van der Waals surface area (Å²) >= 11 is 0. The molecule has 0 atom stereocenters. The van der Waals surface area contributed by atoms with Crippen LogP contribution in [0.5, 0.6) is 0 Å². The van der Waals surface area contributed by atoms with Crippen LogP contribution in [0, 0.1) is 11.3 Å². The summed E-state index contributed by atoms with van der Waals surface area (Å²) in [6, 6.07) is 10.8. The lowest BCUT2D eigenvalue weighted by Gasteiger charge is -2.59. The number of hydrogen-bond donors (Lipinski definition) is 0. The molecule has 3 aromatic rings. The average molecular weight is 503 g/mol. The Morgan fingerprint density at radius 3 is 2.31 bits per heavy atom. The number of nitrogens with zero attached hydrogens (tertiary/aromatic N) is 2. The number of aromatic nitrogens is 1. The molecule has 6 rings (SSSR count). The van der Waals surface area contributed by atoms with E-state index in [1.165, 1.54) is 12.1 Å². The molecule has 0 saturated heterocycles. The van der Waals surface area contributed by atoms with E-state index in [2.05, 4.69) is 25.2 Å². The molecule has 1 aromatic heterocycles. The van der Waals surface area contributed by atoms with Crippen molar-refractivity contribution in [1.29, 1.82) is 0 Å². The molecule has 2 aromatic carbocycles. The quantitative estimate of drug-likeness (QED) is 0.351. The predicted molar refractivity (Wildman–Crippen MR) is 133 cm³/mol. The number of rotatable bonds is 5. The molecule has 0 unspecified atom stereocenters. The molecule has 4 nitrogen and oxygen atoms in total. The molecule has 3 saturated carbocycles. The van der Waals surface area contributed by atoms with Crippen LogP contribution in [0.15, 0.2) is 53.1 Å². The maximum atomic E-state index is 13.7. The van der Waals surface area contributed by atoms with E-state index in [1.54, 1.807) is 31.2 Å². The lowest BCUT2D eigenvalue weighted by Crippen LogP contribution is -2.62. The molecule has 0 amide bonds. The van der Waals surface area contributed by atoms with Crippen LogP contribution in [-0.4, -0.2) is 23.4 Å². The zero-order chi connectivity index (χ0) is 25.4. The van der Waals surface area contributed by atoms with Gasteiger partial charge in [-0.25, -0.2) is 8.42 Å². The summed E-state index contributed by atoms with van der Waals surface area (Å²) in [5.41, 5.74) is 1.64. The molecule has 0 N–H and O–H groups in total. The Morgan fingerprint density at radius 2 is 1.74 bits per heavy atom. The highest BCUT2D eigenvalue weighted by atomic mass is 32.2. The van der Waals surface area contributed by atoms with E-state index in [9.17, 15) is 21.6 Å². The van der Waals surface area contributed by atoms with Crippen molar-refractivity contribution in [1.82, 2.24) is 4.57 Å². The summed E-state index contributed by atoms with van der Waals surface area (Å²) in [5, 5.41) is 0.775. The molecule has 8 heteroatoms. The molecule has 3 aliphatic carbocycles. The number of halogens is 3. The summed E-state index contributed by atoms with van der Waals surface area (Å²) in [6.45, 7) is 8.55. The number of alkyl halides is 3. The third-order valence-corrected chi connectivity index (χ3v) is 9.36. The Labute approximate surface area is 203 Å². The van der Waals surface area contributed by atoms with Gasteiger partial charge in [0.25, 0.3) is 10.0 Å². The minimum Gasteiger partial charge on any atom is -0.346 e. The maximum absolute atomic E-state index is 13.7. The second kappa shape index (κ2) is 7.69. The number of sulfonamides is 1. The molecule has 3 aliphatic rings. The fraction of sp³-hybridized carbons (Fsp3) is 0.444. The van der Waals surface area contributed by atoms with Gasteiger partial charge >= 0.3 is 6.18 Å². The molecule has 186 valence electrons. The van der Waals surface area contributed by atoms with Crippen LogP contribution in [0.25, 0.3) is 22.0 Å². The van der Waals surface area contributed by atoms with Crippen LogP contribution in [-0.2, 0) is 22.7 Å². The van der Waals surface area contributed by atoms with Crippen molar-refractivity contribution in [2.45, 2.75) is 64.4 Å². The van der Waals surface area contributed by atoms with Crippen molar-refractivity contribution in [3.8, 4) is 11.1 Å². The van der Waals surface area contributed by atoms with Crippen LogP contribution >= 0.6 is 0 Å². The van der Waals surface area contributed by atoms with Gasteiger partial charge in [0.05, 0.1) is 16.0 Å². The lowest BCUT2D eigenvalue weighted by molar-refractivity contribution is -0.137. The molecule has 0 spiro atoms. The fourth-order valence-corrected chi connectivity index (χ4v) is 7.40. The summed E-state index contributed by atoms with van der Waals surface area (Å²) < 4.78 is 72.6. The zero-order valence-corrected chi connectivity index (χ0v) is 21.1. The normalized spacial score (nSPS) is 22.7. The van der Waals surface area contributed by atoms with E-state index < -0.39 is 26.5 Å². The van der Waals surface area contributed by atoms with Crippen molar-refractivity contribution in [2.24, 2.45) is 15.7 Å². The van der Waals surface area contributed by atoms with E-state index in [0.29, 0.717) is 48.6 Å². The van der Waals surface area contributed by atoms with Crippen molar-refractivity contribution in [3.05, 3.63) is 59.8 Å². The van der Waals surface area contributed by atoms with Crippen molar-refractivity contribution >= 4 is 26.6 Å². The van der Waals surface area contributed by atoms with Gasteiger partial charge < -0.3 is 4.57 Å². The van der Waals surface area contributed by atoms with Crippen molar-refractivity contribution in [3.63, 3.8) is 0 Å². The minimum absolute atomic E-state index is 0.105. The number of benzene rings is 2. The van der Waals surface area contributed by atoms with Crippen LogP contribution < -0.4 is 0 Å². The van der Waals surface area contributed by atoms with Gasteiger partial charge in [0.15, 0.2) is 0 Å². The summed E-state index contributed by atoms with van der Waals surface area (Å²) in [5.74, 6) is 0.520. The Hall–Kier alpha value is -2.61. The maximum Gasteiger partial charge on any atom is 0.417 e. The Kier molecular flexibility index (Phi) is 5.30. The van der Waals surface area contributed by atoms with Crippen LogP contribution in [0.4, 0.5) is 13.2 Å². The summed E-state index contributed by atoms with van der Waals surface area (Å²) in [6.07, 6.45) is -0.505. The number of fused-ring (bicyclic) bond motifs is 1. The molecule has 1 heterocycles. The Bertz CT molecular complexity index is 1440. The first-order valence-corrected chi connectivity index (χ1v) is 13.2. The van der Waals surface area contributed by atoms with Gasteiger partial charge in [0.2, 0.25) is 0 Å². The summed E-state index contributed by atoms with van der Waals surface area (Å²) in [7, 11) is -3.62. The van der Waals surface area contributed by atoms with Crippen LogP contribution in [0.1, 0.15) is 58.1 Å². The van der Waals surface area contributed by atoms with E-state index in [-0.39, 0.29) is 11.0 Å². The largest absolute Gasteiger partial charge is 0.417 e. The van der Waals surface area contributed by atoms with Gasteiger partial charge in [-0.3, -0.25) is 0 Å². The highest BCUT2D eigenvalue weighted by Gasteiger charge is 2.65. The minimum atomic E-state index is -4.47. The average Bonchev–Trinajstić information content (AvgIpc) is 3.00. The predicted octanol–water partition coefficient (Wildman–Crippen LogP) is 7.06. The van der Waals surface area contributed by atoms with E-state index in [1.807, 2.05) is 10.8 Å². The highest BCUT2D eigenvalue weighted by Crippen LogP contribution is 2.62. The van der Waals surface area contributed by atoms with Gasteiger partial charge in [-0.15, -0.1) is 0 Å². The third kappa shape index (κ3) is 4.09. The van der Waals surface area contributed by atoms with E-state index in [0.717, 1.165) is 17.0 Å². The van der Waals surface area contributed by atoms with Crippen LogP contribution in [0.3, 0.4) is 0 Å². The first kappa shape index (κ1) is 24.1. The molecule has 3 fully saturated rings.